The normalized spacial score (nSPS) is 9.19. The van der Waals surface area contributed by atoms with E-state index in [0.717, 1.165) is 5.56 Å². The van der Waals surface area contributed by atoms with Crippen LogP contribution in [-0.2, 0) is 25.8 Å². The van der Waals surface area contributed by atoms with Crippen LogP contribution in [-0.4, -0.2) is 13.9 Å². The zero-order valence-corrected chi connectivity index (χ0v) is 15.9. The summed E-state index contributed by atoms with van der Waals surface area (Å²) in [5, 5.41) is 8.72. The molecular weight excluding hydrogens is 426 g/mol. The number of nitrogen functional groups attached to an aromatic ring is 1. The van der Waals surface area contributed by atoms with Crippen molar-refractivity contribution in [3.63, 3.8) is 0 Å². The molecule has 1 aromatic carbocycles. The molecular formula is C10H18Cl2HfN2Si. The molecule has 0 fully saturated rings. The Labute approximate surface area is 130 Å². The zero-order valence-electron chi connectivity index (χ0n) is 9.70. The Morgan fingerprint density at radius 3 is 1.88 bits per heavy atom. The summed E-state index contributed by atoms with van der Waals surface area (Å²) in [5.74, 6) is 0.179. The summed E-state index contributed by atoms with van der Waals surface area (Å²) >= 11 is 0. The van der Waals surface area contributed by atoms with Crippen LogP contribution in [0.3, 0.4) is 0 Å². The second kappa shape index (κ2) is 8.45. The van der Waals surface area contributed by atoms with Crippen molar-refractivity contribution < 1.29 is 25.8 Å². The minimum absolute atomic E-state index is 0. The van der Waals surface area contributed by atoms with E-state index < -0.39 is 8.07 Å². The molecule has 90 valence electrons. The Morgan fingerprint density at radius 2 is 1.56 bits per heavy atom. The van der Waals surface area contributed by atoms with Crippen LogP contribution in [0, 0.1) is 5.41 Å². The Bertz CT molecular complexity index is 340. The average molecular weight is 444 g/mol. The maximum Gasteiger partial charge on any atom is 0.122 e. The molecule has 0 saturated heterocycles. The van der Waals surface area contributed by atoms with Gasteiger partial charge in [0.05, 0.1) is 8.07 Å². The van der Waals surface area contributed by atoms with Gasteiger partial charge < -0.3 is 5.73 Å². The van der Waals surface area contributed by atoms with E-state index >= 15 is 0 Å². The molecule has 0 heterocycles. The second-order valence-electron chi connectivity index (χ2n) is 4.21. The first-order valence-electron chi connectivity index (χ1n) is 4.37. The molecule has 3 N–H and O–H groups in total. The van der Waals surface area contributed by atoms with Gasteiger partial charge in [-0.2, -0.15) is 0 Å². The molecule has 0 saturated carbocycles. The molecule has 0 radical (unpaired) electrons. The molecule has 0 aliphatic carbocycles. The Morgan fingerprint density at radius 1 is 1.12 bits per heavy atom. The van der Waals surface area contributed by atoms with Crippen molar-refractivity contribution in [1.82, 2.24) is 0 Å². The van der Waals surface area contributed by atoms with Gasteiger partial charge in [-0.15, -0.1) is 24.8 Å². The third-order valence-corrected chi connectivity index (χ3v) is 4.08. The van der Waals surface area contributed by atoms with Gasteiger partial charge in [-0.3, -0.25) is 5.41 Å². The smallest absolute Gasteiger partial charge is 0.122 e. The molecule has 0 bridgehead atoms. The molecule has 16 heavy (non-hydrogen) atoms. The molecule has 0 atom stereocenters. The molecule has 0 aliphatic heterocycles. The maximum absolute atomic E-state index is 7.46. The van der Waals surface area contributed by atoms with E-state index in [0.29, 0.717) is 0 Å². The van der Waals surface area contributed by atoms with Crippen LogP contribution >= 0.6 is 24.8 Å². The van der Waals surface area contributed by atoms with Gasteiger partial charge in [-0.1, -0.05) is 43.9 Å². The zero-order chi connectivity index (χ0) is 10.1. The third kappa shape index (κ3) is 5.62. The fourth-order valence-corrected chi connectivity index (χ4v) is 2.99. The first-order chi connectivity index (χ1) is 5.93. The van der Waals surface area contributed by atoms with Crippen LogP contribution in [0.4, 0.5) is 0 Å². The van der Waals surface area contributed by atoms with E-state index in [-0.39, 0.29) is 56.5 Å². The number of nitrogens with two attached hydrogens (primary N) is 1. The molecule has 0 spiro atoms. The van der Waals surface area contributed by atoms with Crippen LogP contribution in [0.2, 0.25) is 19.6 Å². The van der Waals surface area contributed by atoms with Crippen LogP contribution in [0.25, 0.3) is 0 Å². The predicted octanol–water partition coefficient (Wildman–Crippen LogP) is 2.36. The number of amidine groups is 1. The van der Waals surface area contributed by atoms with Crippen molar-refractivity contribution in [1.29, 1.82) is 5.41 Å². The van der Waals surface area contributed by atoms with Crippen LogP contribution < -0.4 is 10.9 Å². The number of benzene rings is 1. The van der Waals surface area contributed by atoms with E-state index in [4.69, 9.17) is 11.1 Å². The average Bonchev–Trinajstić information content (AvgIpc) is 2.03. The number of nitrogens with one attached hydrogen (secondary N) is 1. The first-order valence-corrected chi connectivity index (χ1v) is 7.87. The summed E-state index contributed by atoms with van der Waals surface area (Å²) in [6.07, 6.45) is 0. The number of rotatable bonds is 2. The monoisotopic (exact) mass is 444 g/mol. The molecule has 6 heteroatoms. The summed E-state index contributed by atoms with van der Waals surface area (Å²) < 4.78 is 0. The van der Waals surface area contributed by atoms with E-state index in [2.05, 4.69) is 25.7 Å². The predicted molar refractivity (Wildman–Crippen MR) is 74.9 cm³/mol. The van der Waals surface area contributed by atoms with Crippen LogP contribution in [0.15, 0.2) is 24.3 Å². The summed E-state index contributed by atoms with van der Waals surface area (Å²) in [7, 11) is -1.36. The Balaban J connectivity index is -0.000000563. The second-order valence-corrected chi connectivity index (χ2v) is 9.25. The van der Waals surface area contributed by atoms with Crippen molar-refractivity contribution in [2.75, 3.05) is 0 Å². The summed E-state index contributed by atoms with van der Waals surface area (Å²) in [6, 6.07) is 7.96. The van der Waals surface area contributed by atoms with E-state index in [1.165, 1.54) is 5.19 Å². The van der Waals surface area contributed by atoms with Crippen molar-refractivity contribution in [3.8, 4) is 0 Å². The van der Waals surface area contributed by atoms with Crippen molar-refractivity contribution in [3.05, 3.63) is 29.8 Å². The minimum atomic E-state index is -1.36. The quantitative estimate of drug-likeness (QED) is 0.411. The van der Waals surface area contributed by atoms with Crippen LogP contribution in [0.5, 0.6) is 0 Å². The number of hydrogen-bond acceptors (Lipinski definition) is 1. The Hall–Kier alpha value is 0.357. The van der Waals surface area contributed by atoms with E-state index in [9.17, 15) is 0 Å². The van der Waals surface area contributed by atoms with Gasteiger partial charge in [0.2, 0.25) is 0 Å². The molecule has 0 amide bonds. The molecule has 1 rings (SSSR count). The molecule has 2 nitrogen and oxygen atoms in total. The minimum Gasteiger partial charge on any atom is -0.384 e. The van der Waals surface area contributed by atoms with Gasteiger partial charge in [0.1, 0.15) is 5.84 Å². The van der Waals surface area contributed by atoms with Gasteiger partial charge in [-0.05, 0) is 5.19 Å². The molecule has 0 aromatic heterocycles. The van der Waals surface area contributed by atoms with Gasteiger partial charge >= 0.3 is 0 Å². The van der Waals surface area contributed by atoms with Crippen LogP contribution in [0.1, 0.15) is 5.56 Å². The first kappa shape index (κ1) is 21.6. The van der Waals surface area contributed by atoms with Crippen molar-refractivity contribution in [2.45, 2.75) is 19.6 Å². The van der Waals surface area contributed by atoms with Gasteiger partial charge in [0, 0.05) is 31.4 Å². The van der Waals surface area contributed by atoms with Gasteiger partial charge in [0.15, 0.2) is 0 Å². The fraction of sp³-hybridized carbons (Fsp3) is 0.300. The van der Waals surface area contributed by atoms with Crippen molar-refractivity contribution >= 4 is 43.9 Å². The van der Waals surface area contributed by atoms with Gasteiger partial charge in [-0.25, -0.2) is 0 Å². The van der Waals surface area contributed by atoms with Gasteiger partial charge in [0.25, 0.3) is 0 Å². The summed E-state index contributed by atoms with van der Waals surface area (Å²) in [6.45, 7) is 6.78. The fourth-order valence-electron chi connectivity index (χ4n) is 1.37. The van der Waals surface area contributed by atoms with E-state index in [1.807, 2.05) is 18.2 Å². The molecule has 0 aliphatic rings. The maximum atomic E-state index is 7.46. The Kier molecular flexibility index (Phi) is 11.4. The largest absolute Gasteiger partial charge is 0.384 e. The SMILES string of the molecule is C[Si](C)(C)c1ccccc1C(=N)N.Cl.Cl.[Hf]. The number of hydrogen-bond donors (Lipinski definition) is 2. The summed E-state index contributed by atoms with van der Waals surface area (Å²) in [5.41, 5.74) is 6.42. The standard InChI is InChI=1S/C10H16N2Si.2ClH.Hf/c1-13(2,3)9-7-5-4-6-8(9)10(11)12;;;/h4-7H,1-3H3,(H3,11,12);2*1H;. The van der Waals surface area contributed by atoms with E-state index in [1.54, 1.807) is 0 Å². The third-order valence-electron chi connectivity index (χ3n) is 2.03. The molecule has 0 unspecified atom stereocenters. The topological polar surface area (TPSA) is 49.9 Å². The number of halogens is 2. The summed E-state index contributed by atoms with van der Waals surface area (Å²) in [4.78, 5) is 0. The van der Waals surface area contributed by atoms with Crippen molar-refractivity contribution in [2.24, 2.45) is 5.73 Å². The molecule has 1 aromatic rings.